The van der Waals surface area contributed by atoms with Crippen LogP contribution >= 0.6 is 0 Å². The Morgan fingerprint density at radius 2 is 2.40 bits per heavy atom. The topological polar surface area (TPSA) is 40.1 Å². The number of carboxylic acid groups (broad SMARTS) is 1. The van der Waals surface area contributed by atoms with Gasteiger partial charge in [-0.15, -0.1) is 0 Å². The van der Waals surface area contributed by atoms with Gasteiger partial charge in [-0.1, -0.05) is 0 Å². The molecule has 0 saturated carbocycles. The molecule has 1 heterocycles. The molecule has 0 amide bonds. The second-order valence-electron chi connectivity index (χ2n) is 1.58. The fourth-order valence-electron chi connectivity index (χ4n) is 0.534. The van der Waals surface area contributed by atoms with Gasteiger partial charge in [0, 0.05) is 0 Å². The van der Waals surface area contributed by atoms with Gasteiger partial charge in [0.05, 0.1) is 0 Å². The minimum absolute atomic E-state index is 0. The van der Waals surface area contributed by atoms with E-state index in [-0.39, 0.29) is 29.6 Å². The van der Waals surface area contributed by atoms with E-state index in [1.54, 1.807) is 12.2 Å². The van der Waals surface area contributed by atoms with E-state index >= 15 is 0 Å². The first-order valence-corrected chi connectivity index (χ1v) is 4.70. The molecule has 0 radical (unpaired) electrons. The first-order chi connectivity index (χ1) is 4.30. The Hall–Kier alpha value is 0.469. The molecule has 0 bridgehead atoms. The average Bonchev–Trinajstić information content (AvgIpc) is 1.90. The fourth-order valence-corrected chi connectivity index (χ4v) is 1.86. The second kappa shape index (κ2) is 5.16. The summed E-state index contributed by atoms with van der Waals surface area (Å²) in [7, 11) is 0. The van der Waals surface area contributed by atoms with E-state index in [4.69, 9.17) is 0 Å². The van der Waals surface area contributed by atoms with Crippen LogP contribution in [0.5, 0.6) is 0 Å². The molecule has 0 aromatic carbocycles. The number of carbonyl (C=O) groups excluding carboxylic acids is 1. The van der Waals surface area contributed by atoms with Gasteiger partial charge < -0.3 is 0 Å². The average molecular weight is 211 g/mol. The summed E-state index contributed by atoms with van der Waals surface area (Å²) in [4.78, 5) is 12.0. The minimum Gasteiger partial charge on any atom is 1.00 e. The Morgan fingerprint density at radius 3 is 2.70 bits per heavy atom. The third-order valence-electron chi connectivity index (χ3n) is 0.979. The molecule has 1 aliphatic heterocycles. The zero-order valence-electron chi connectivity index (χ0n) is 5.66. The van der Waals surface area contributed by atoms with Crippen LogP contribution < -0.4 is 34.7 Å². The van der Waals surface area contributed by atoms with Gasteiger partial charge in [0.1, 0.15) is 0 Å². The predicted molar refractivity (Wildman–Crippen MR) is 32.8 cm³/mol. The Bertz CT molecular complexity index is 186. The second-order valence-corrected chi connectivity index (χ2v) is 3.55. The van der Waals surface area contributed by atoms with E-state index < -0.39 is 5.97 Å². The first kappa shape index (κ1) is 10.5. The summed E-state index contributed by atoms with van der Waals surface area (Å²) in [6.45, 7) is 0. The van der Waals surface area contributed by atoms with E-state index in [0.717, 1.165) is 5.32 Å². The Kier molecular flexibility index (Phi) is 5.41. The van der Waals surface area contributed by atoms with Gasteiger partial charge in [0.15, 0.2) is 0 Å². The van der Waals surface area contributed by atoms with Crippen molar-refractivity contribution in [3.05, 3.63) is 22.7 Å². The standard InChI is InChI=1S/C6H6O2Se.Na/c7-6(8)5-1-3-9-4-2-5;/h1-3H,4H2,(H,7,8);/q;+1/p-1. The molecule has 1 aliphatic rings. The monoisotopic (exact) mass is 212 g/mol. The SMILES string of the molecule is O=C([O-])C1=CC[Se]C=C1.[Na+]. The molecule has 0 fully saturated rings. The molecule has 0 saturated heterocycles. The summed E-state index contributed by atoms with van der Waals surface area (Å²) in [5, 5.41) is 11.0. The number of hydrogen-bond donors (Lipinski definition) is 0. The zero-order valence-corrected chi connectivity index (χ0v) is 9.38. The predicted octanol–water partition coefficient (Wildman–Crippen LogP) is -3.68. The van der Waals surface area contributed by atoms with Crippen molar-refractivity contribution in [3.63, 3.8) is 0 Å². The van der Waals surface area contributed by atoms with Crippen molar-refractivity contribution >= 4 is 20.9 Å². The number of aliphatic carboxylic acids is 1. The Labute approximate surface area is 87.8 Å². The van der Waals surface area contributed by atoms with Crippen molar-refractivity contribution in [3.8, 4) is 0 Å². The number of rotatable bonds is 1. The van der Waals surface area contributed by atoms with Crippen LogP contribution in [0.2, 0.25) is 5.32 Å². The van der Waals surface area contributed by atoms with Crippen molar-refractivity contribution in [2.45, 2.75) is 5.32 Å². The molecule has 0 aromatic heterocycles. The molecular weight excluding hydrogens is 206 g/mol. The maximum absolute atomic E-state index is 10.1. The van der Waals surface area contributed by atoms with E-state index in [2.05, 4.69) is 0 Å². The van der Waals surface area contributed by atoms with E-state index in [1.165, 1.54) is 0 Å². The molecule has 0 atom stereocenters. The van der Waals surface area contributed by atoms with Crippen LogP contribution in [-0.4, -0.2) is 20.9 Å². The van der Waals surface area contributed by atoms with Crippen LogP contribution in [0.1, 0.15) is 0 Å². The van der Waals surface area contributed by atoms with Gasteiger partial charge in [-0.25, -0.2) is 0 Å². The van der Waals surface area contributed by atoms with Crippen molar-refractivity contribution in [2.24, 2.45) is 0 Å². The molecular formula is C6H5NaO2Se. The molecule has 0 aliphatic carbocycles. The molecule has 2 nitrogen and oxygen atoms in total. The molecule has 10 heavy (non-hydrogen) atoms. The third-order valence-corrected chi connectivity index (χ3v) is 2.42. The first-order valence-electron chi connectivity index (χ1n) is 2.50. The van der Waals surface area contributed by atoms with Crippen molar-refractivity contribution in [1.82, 2.24) is 0 Å². The molecule has 0 spiro atoms. The van der Waals surface area contributed by atoms with E-state index in [0.29, 0.717) is 20.5 Å². The van der Waals surface area contributed by atoms with Gasteiger partial charge in [-0.2, -0.15) is 0 Å². The minimum atomic E-state index is -1.07. The molecule has 0 N–H and O–H groups in total. The summed E-state index contributed by atoms with van der Waals surface area (Å²) in [5.74, 6) is -1.07. The molecule has 4 heteroatoms. The maximum Gasteiger partial charge on any atom is 1.00 e. The van der Waals surface area contributed by atoms with Crippen molar-refractivity contribution in [2.75, 3.05) is 0 Å². The fraction of sp³-hybridized carbons (Fsp3) is 0.167. The number of carboxylic acids is 1. The van der Waals surface area contributed by atoms with Gasteiger partial charge in [-0.05, 0) is 0 Å². The molecule has 0 aromatic rings. The largest absolute Gasteiger partial charge is 1.00 e. The maximum atomic E-state index is 10.1. The summed E-state index contributed by atoms with van der Waals surface area (Å²) in [6.07, 6.45) is 3.31. The van der Waals surface area contributed by atoms with Crippen LogP contribution in [0.4, 0.5) is 0 Å². The van der Waals surface area contributed by atoms with Crippen LogP contribution in [0.15, 0.2) is 22.7 Å². The van der Waals surface area contributed by atoms with Crippen molar-refractivity contribution in [1.29, 1.82) is 0 Å². The summed E-state index contributed by atoms with van der Waals surface area (Å²) in [5.41, 5.74) is 0.322. The number of carbonyl (C=O) groups is 1. The van der Waals surface area contributed by atoms with Gasteiger partial charge in [0.25, 0.3) is 0 Å². The van der Waals surface area contributed by atoms with Crippen LogP contribution in [-0.2, 0) is 4.79 Å². The Morgan fingerprint density at radius 1 is 1.70 bits per heavy atom. The smallest absolute Gasteiger partial charge is 1.00 e. The van der Waals surface area contributed by atoms with Crippen LogP contribution in [0, 0.1) is 0 Å². The van der Waals surface area contributed by atoms with Gasteiger partial charge in [-0.3, -0.25) is 0 Å². The summed E-state index contributed by atoms with van der Waals surface area (Å²) in [6, 6.07) is 0. The van der Waals surface area contributed by atoms with Crippen LogP contribution in [0.25, 0.3) is 0 Å². The Balaban J connectivity index is 0.000000810. The third kappa shape index (κ3) is 3.04. The molecule has 0 unspecified atom stereocenters. The van der Waals surface area contributed by atoms with Gasteiger partial charge >= 0.3 is 88.4 Å². The van der Waals surface area contributed by atoms with E-state index in [9.17, 15) is 9.90 Å². The summed E-state index contributed by atoms with van der Waals surface area (Å²) < 4.78 is 0. The number of hydrogen-bond acceptors (Lipinski definition) is 2. The quantitative estimate of drug-likeness (QED) is 0.419. The van der Waals surface area contributed by atoms with E-state index in [1.807, 2.05) is 4.97 Å². The zero-order chi connectivity index (χ0) is 6.69. The van der Waals surface area contributed by atoms with Gasteiger partial charge in [0.2, 0.25) is 0 Å². The number of allylic oxidation sites excluding steroid dienone is 1. The van der Waals surface area contributed by atoms with Crippen LogP contribution in [0.3, 0.4) is 0 Å². The normalized spacial score (nSPS) is 15.4. The van der Waals surface area contributed by atoms with Crippen molar-refractivity contribution < 1.29 is 39.5 Å². The molecule has 1 rings (SSSR count). The molecule has 48 valence electrons. The summed E-state index contributed by atoms with van der Waals surface area (Å²) >= 11 is 0.471.